The molecule has 0 bridgehead atoms. The summed E-state index contributed by atoms with van der Waals surface area (Å²) < 4.78 is 0. The van der Waals surface area contributed by atoms with Crippen LogP contribution in [0.2, 0.25) is 5.15 Å². The van der Waals surface area contributed by atoms with Crippen LogP contribution < -0.4 is 0 Å². The predicted molar refractivity (Wildman–Crippen MR) is 93.6 cm³/mol. The molecule has 0 amide bonds. The smallest absolute Gasteiger partial charge is 0.145 e. The summed E-state index contributed by atoms with van der Waals surface area (Å²) in [5.41, 5.74) is 1.22. The van der Waals surface area contributed by atoms with E-state index in [4.69, 9.17) is 16.6 Å². The Hall–Kier alpha value is 0.0300. The largest absolute Gasteiger partial charge is 0.221 e. The van der Waals surface area contributed by atoms with Crippen molar-refractivity contribution in [2.75, 3.05) is 11.5 Å². The topological polar surface area (TPSA) is 25.8 Å². The van der Waals surface area contributed by atoms with E-state index in [0.29, 0.717) is 15.7 Å². The molecule has 2 aromatic rings. The number of nitrogens with zero attached hydrogens (tertiary/aromatic N) is 2. The van der Waals surface area contributed by atoms with Crippen LogP contribution in [-0.4, -0.2) is 26.7 Å². The zero-order valence-corrected chi connectivity index (χ0v) is 15.0. The van der Waals surface area contributed by atoms with Crippen LogP contribution in [0.3, 0.4) is 0 Å². The second-order valence-corrected chi connectivity index (χ2v) is 9.10. The third kappa shape index (κ3) is 2.58. The van der Waals surface area contributed by atoms with Crippen molar-refractivity contribution < 1.29 is 0 Å². The molecule has 3 heterocycles. The number of hydrogen-bond donors (Lipinski definition) is 0. The van der Waals surface area contributed by atoms with E-state index in [1.165, 1.54) is 21.9 Å². The summed E-state index contributed by atoms with van der Waals surface area (Å²) in [6.45, 7) is 6.47. The van der Waals surface area contributed by atoms with E-state index in [1.54, 1.807) is 11.3 Å². The zero-order chi connectivity index (χ0) is 14.3. The highest BCUT2D eigenvalue weighted by molar-refractivity contribution is 8.06. The minimum absolute atomic E-state index is 0.378. The van der Waals surface area contributed by atoms with Crippen molar-refractivity contribution in [1.29, 1.82) is 0 Å². The third-order valence-electron chi connectivity index (χ3n) is 3.71. The van der Waals surface area contributed by atoms with Gasteiger partial charge in [0.2, 0.25) is 0 Å². The summed E-state index contributed by atoms with van der Waals surface area (Å²) in [5.74, 6) is 3.33. The van der Waals surface area contributed by atoms with Crippen LogP contribution in [-0.2, 0) is 0 Å². The second kappa shape index (κ2) is 6.03. The third-order valence-corrected chi connectivity index (χ3v) is 8.33. The lowest BCUT2D eigenvalue weighted by Gasteiger charge is -2.28. The molecule has 0 radical (unpaired) electrons. The molecule has 2 aromatic heterocycles. The average molecular weight is 345 g/mol. The Morgan fingerprint density at radius 2 is 1.95 bits per heavy atom. The Morgan fingerprint density at radius 1 is 1.20 bits per heavy atom. The lowest BCUT2D eigenvalue weighted by atomic mass is 10.2. The average Bonchev–Trinajstić information content (AvgIpc) is 2.74. The molecule has 2 nitrogen and oxygen atoms in total. The van der Waals surface area contributed by atoms with Gasteiger partial charge < -0.3 is 0 Å². The van der Waals surface area contributed by atoms with Gasteiger partial charge in [0.05, 0.1) is 10.6 Å². The minimum atomic E-state index is 0.378. The van der Waals surface area contributed by atoms with Crippen LogP contribution in [0.25, 0.3) is 10.2 Å². The second-order valence-electron chi connectivity index (χ2n) is 4.94. The maximum absolute atomic E-state index is 6.43. The highest BCUT2D eigenvalue weighted by atomic mass is 35.5. The summed E-state index contributed by atoms with van der Waals surface area (Å²) >= 11 is 12.2. The Kier molecular flexibility index (Phi) is 4.51. The van der Waals surface area contributed by atoms with Gasteiger partial charge in [-0.3, -0.25) is 0 Å². The number of fused-ring (bicyclic) bond motifs is 1. The highest BCUT2D eigenvalue weighted by Crippen LogP contribution is 2.44. The fraction of sp³-hybridized carbons (Fsp3) is 0.571. The Balaban J connectivity index is 2.08. The molecular formula is C14H17ClN2S3. The molecule has 108 valence electrons. The van der Waals surface area contributed by atoms with E-state index < -0.39 is 0 Å². The molecule has 0 spiro atoms. The first-order valence-corrected chi connectivity index (χ1v) is 10.1. The number of halogens is 1. The number of thioether (sulfide) groups is 2. The van der Waals surface area contributed by atoms with Gasteiger partial charge in [0.25, 0.3) is 0 Å². The van der Waals surface area contributed by atoms with Crippen molar-refractivity contribution in [2.24, 2.45) is 0 Å². The summed E-state index contributed by atoms with van der Waals surface area (Å²) in [6, 6.07) is 0. The number of hydrogen-bond acceptors (Lipinski definition) is 5. The van der Waals surface area contributed by atoms with Crippen molar-refractivity contribution in [2.45, 2.75) is 37.7 Å². The van der Waals surface area contributed by atoms with Crippen LogP contribution in [0.15, 0.2) is 0 Å². The van der Waals surface area contributed by atoms with Crippen LogP contribution in [0.4, 0.5) is 0 Å². The van der Waals surface area contributed by atoms with Gasteiger partial charge >= 0.3 is 0 Å². The van der Waals surface area contributed by atoms with Crippen LogP contribution >= 0.6 is 46.5 Å². The molecule has 1 fully saturated rings. The van der Waals surface area contributed by atoms with E-state index in [1.807, 2.05) is 23.5 Å². The molecule has 0 N–H and O–H groups in total. The van der Waals surface area contributed by atoms with Gasteiger partial charge in [-0.05, 0) is 25.8 Å². The summed E-state index contributed by atoms with van der Waals surface area (Å²) in [4.78, 5) is 11.8. The first-order valence-electron chi connectivity index (χ1n) is 6.78. The number of thiophene rings is 1. The van der Waals surface area contributed by atoms with E-state index in [-0.39, 0.29) is 0 Å². The number of rotatable bonds is 2. The van der Waals surface area contributed by atoms with Crippen molar-refractivity contribution >= 4 is 56.7 Å². The summed E-state index contributed by atoms with van der Waals surface area (Å²) in [7, 11) is 0. The van der Waals surface area contributed by atoms with E-state index in [2.05, 4.69) is 25.8 Å². The molecular weight excluding hydrogens is 328 g/mol. The lowest BCUT2D eigenvalue weighted by molar-refractivity contribution is 0.755. The van der Waals surface area contributed by atoms with Gasteiger partial charge in [-0.25, -0.2) is 9.97 Å². The van der Waals surface area contributed by atoms with E-state index in [0.717, 1.165) is 22.5 Å². The Morgan fingerprint density at radius 3 is 2.70 bits per heavy atom. The van der Waals surface area contributed by atoms with Crippen LogP contribution in [0.5, 0.6) is 0 Å². The molecule has 2 unspecified atom stereocenters. The molecule has 2 atom stereocenters. The summed E-state index contributed by atoms with van der Waals surface area (Å²) in [5, 5.41) is 2.64. The maximum Gasteiger partial charge on any atom is 0.145 e. The van der Waals surface area contributed by atoms with E-state index in [9.17, 15) is 0 Å². The van der Waals surface area contributed by atoms with Gasteiger partial charge in [0.1, 0.15) is 15.8 Å². The maximum atomic E-state index is 6.43. The number of aromatic nitrogens is 2. The number of aryl methyl sites for hydroxylation is 2. The minimum Gasteiger partial charge on any atom is -0.221 e. The molecule has 0 aliphatic carbocycles. The van der Waals surface area contributed by atoms with Crippen molar-refractivity contribution in [1.82, 2.24) is 9.97 Å². The summed E-state index contributed by atoms with van der Waals surface area (Å²) in [6.07, 6.45) is 1.16. The van der Waals surface area contributed by atoms with E-state index >= 15 is 0 Å². The lowest BCUT2D eigenvalue weighted by Crippen LogP contribution is -2.20. The molecule has 1 saturated heterocycles. The van der Waals surface area contributed by atoms with Gasteiger partial charge in [-0.2, -0.15) is 11.8 Å². The van der Waals surface area contributed by atoms with Gasteiger partial charge in [-0.15, -0.1) is 23.1 Å². The fourth-order valence-electron chi connectivity index (χ4n) is 2.49. The SMILES string of the molecule is CCC1SCCSC1c1nc(Cl)c2c(C)c(C)sc2n1. The van der Waals surface area contributed by atoms with Crippen molar-refractivity contribution in [3.63, 3.8) is 0 Å². The predicted octanol–water partition coefficient (Wildman–Crippen LogP) is 5.26. The normalized spacial score (nSPS) is 23.4. The molecule has 0 aromatic carbocycles. The van der Waals surface area contributed by atoms with Crippen molar-refractivity contribution in [3.05, 3.63) is 21.4 Å². The molecule has 1 aliphatic heterocycles. The standard InChI is InChI=1S/C14H17ClN2S3/c1-4-9-11(19-6-5-18-9)13-16-12(15)10-7(2)8(3)20-14(10)17-13/h9,11H,4-6H2,1-3H3. The van der Waals surface area contributed by atoms with Gasteiger partial charge in [0, 0.05) is 21.6 Å². The fourth-order valence-corrected chi connectivity index (χ4v) is 6.89. The molecule has 3 rings (SSSR count). The Labute approximate surface area is 137 Å². The van der Waals surface area contributed by atoms with Gasteiger partial charge in [0.15, 0.2) is 0 Å². The van der Waals surface area contributed by atoms with Crippen molar-refractivity contribution in [3.8, 4) is 0 Å². The molecule has 0 saturated carbocycles. The van der Waals surface area contributed by atoms with Crippen LogP contribution in [0, 0.1) is 13.8 Å². The monoisotopic (exact) mass is 344 g/mol. The van der Waals surface area contributed by atoms with Crippen LogP contribution in [0.1, 0.15) is 34.9 Å². The first-order chi connectivity index (χ1) is 9.61. The highest BCUT2D eigenvalue weighted by Gasteiger charge is 2.29. The first kappa shape index (κ1) is 14.9. The zero-order valence-electron chi connectivity index (χ0n) is 11.8. The quantitative estimate of drug-likeness (QED) is 0.694. The molecule has 6 heteroatoms. The molecule has 1 aliphatic rings. The van der Waals surface area contributed by atoms with Gasteiger partial charge in [-0.1, -0.05) is 18.5 Å². The Bertz CT molecular complexity index is 641. The molecule has 20 heavy (non-hydrogen) atoms.